The fourth-order valence-electron chi connectivity index (χ4n) is 1.33. The molecule has 0 saturated carbocycles. The van der Waals surface area contributed by atoms with E-state index in [-0.39, 0.29) is 24.5 Å². The molecule has 6 nitrogen and oxygen atoms in total. The number of hydrogen-bond acceptors (Lipinski definition) is 4. The number of aliphatic hydroxyl groups is 1. The second-order valence-corrected chi connectivity index (χ2v) is 3.37. The molecular formula is C9H15N3O3. The quantitative estimate of drug-likeness (QED) is 0.621. The van der Waals surface area contributed by atoms with Gasteiger partial charge in [-0.3, -0.25) is 9.36 Å². The number of aromatic nitrogens is 2. The van der Waals surface area contributed by atoms with Crippen LogP contribution in [-0.2, 0) is 13.6 Å². The van der Waals surface area contributed by atoms with Gasteiger partial charge in [-0.2, -0.15) is 0 Å². The normalized spacial score (nSPS) is 10.5. The lowest BCUT2D eigenvalue weighted by Crippen LogP contribution is -2.39. The number of aliphatic hydroxyl groups excluding tert-OH is 1. The minimum Gasteiger partial charge on any atom is -0.396 e. The van der Waals surface area contributed by atoms with Crippen LogP contribution < -0.4 is 17.0 Å². The summed E-state index contributed by atoms with van der Waals surface area (Å²) in [5.41, 5.74) is 4.66. The van der Waals surface area contributed by atoms with Crippen molar-refractivity contribution in [2.24, 2.45) is 7.05 Å². The van der Waals surface area contributed by atoms with Gasteiger partial charge in [0.2, 0.25) is 0 Å². The van der Waals surface area contributed by atoms with E-state index in [9.17, 15) is 9.59 Å². The molecule has 3 N–H and O–H groups in total. The maximum absolute atomic E-state index is 11.5. The van der Waals surface area contributed by atoms with Crippen LogP contribution in [0.15, 0.2) is 15.8 Å². The van der Waals surface area contributed by atoms with Crippen molar-refractivity contribution >= 4 is 5.69 Å². The first-order valence-electron chi connectivity index (χ1n) is 4.74. The van der Waals surface area contributed by atoms with Crippen molar-refractivity contribution in [2.45, 2.75) is 19.4 Å². The van der Waals surface area contributed by atoms with Crippen LogP contribution in [0, 0.1) is 0 Å². The second kappa shape index (κ2) is 4.79. The summed E-state index contributed by atoms with van der Waals surface area (Å²) < 4.78 is 2.36. The van der Waals surface area contributed by atoms with Gasteiger partial charge in [-0.25, -0.2) is 4.79 Å². The van der Waals surface area contributed by atoms with E-state index in [1.807, 2.05) is 0 Å². The van der Waals surface area contributed by atoms with Crippen LogP contribution in [-0.4, -0.2) is 20.8 Å². The lowest BCUT2D eigenvalue weighted by atomic mass is 10.3. The van der Waals surface area contributed by atoms with E-state index in [4.69, 9.17) is 10.8 Å². The zero-order chi connectivity index (χ0) is 11.4. The van der Waals surface area contributed by atoms with Gasteiger partial charge in [-0.05, 0) is 12.8 Å². The molecule has 0 saturated heterocycles. The molecule has 0 aromatic carbocycles. The van der Waals surface area contributed by atoms with Crippen LogP contribution in [0.2, 0.25) is 0 Å². The summed E-state index contributed by atoms with van der Waals surface area (Å²) in [6.45, 7) is 0.342. The van der Waals surface area contributed by atoms with Crippen LogP contribution in [0.1, 0.15) is 12.8 Å². The Labute approximate surface area is 86.6 Å². The zero-order valence-corrected chi connectivity index (χ0v) is 8.64. The Morgan fingerprint density at radius 1 is 1.40 bits per heavy atom. The monoisotopic (exact) mass is 213 g/mol. The van der Waals surface area contributed by atoms with Crippen molar-refractivity contribution in [1.29, 1.82) is 0 Å². The van der Waals surface area contributed by atoms with E-state index in [1.165, 1.54) is 10.8 Å². The first-order chi connectivity index (χ1) is 7.07. The maximum atomic E-state index is 11.5. The molecule has 15 heavy (non-hydrogen) atoms. The third-order valence-electron chi connectivity index (χ3n) is 2.15. The second-order valence-electron chi connectivity index (χ2n) is 3.37. The third kappa shape index (κ3) is 2.47. The van der Waals surface area contributed by atoms with Gasteiger partial charge in [0.05, 0.1) is 0 Å². The van der Waals surface area contributed by atoms with Gasteiger partial charge in [-0.15, -0.1) is 0 Å². The van der Waals surface area contributed by atoms with Gasteiger partial charge in [0, 0.05) is 26.4 Å². The molecule has 0 aliphatic heterocycles. The number of nitrogen functional groups attached to an aromatic ring is 1. The van der Waals surface area contributed by atoms with Crippen LogP contribution in [0.3, 0.4) is 0 Å². The third-order valence-corrected chi connectivity index (χ3v) is 2.15. The van der Waals surface area contributed by atoms with E-state index in [0.29, 0.717) is 12.8 Å². The number of rotatable bonds is 4. The molecule has 1 heterocycles. The summed E-state index contributed by atoms with van der Waals surface area (Å²) in [5, 5.41) is 8.60. The van der Waals surface area contributed by atoms with Crippen molar-refractivity contribution in [2.75, 3.05) is 12.3 Å². The zero-order valence-electron chi connectivity index (χ0n) is 8.64. The molecule has 0 bridgehead atoms. The average Bonchev–Trinajstić information content (AvgIpc) is 2.20. The highest BCUT2D eigenvalue weighted by Crippen LogP contribution is 1.92. The highest BCUT2D eigenvalue weighted by atomic mass is 16.3. The fourth-order valence-corrected chi connectivity index (χ4v) is 1.33. The van der Waals surface area contributed by atoms with Gasteiger partial charge in [0.15, 0.2) is 0 Å². The Hall–Kier alpha value is -1.56. The molecule has 0 amide bonds. The van der Waals surface area contributed by atoms with Crippen LogP contribution in [0.5, 0.6) is 0 Å². The molecule has 1 aromatic heterocycles. The van der Waals surface area contributed by atoms with E-state index in [1.54, 1.807) is 7.05 Å². The minimum absolute atomic E-state index is 0.0530. The van der Waals surface area contributed by atoms with Gasteiger partial charge in [0.25, 0.3) is 5.56 Å². The van der Waals surface area contributed by atoms with E-state index in [2.05, 4.69) is 0 Å². The molecule has 0 fully saturated rings. The lowest BCUT2D eigenvalue weighted by molar-refractivity contribution is 0.280. The molecule has 0 aliphatic carbocycles. The summed E-state index contributed by atoms with van der Waals surface area (Å²) in [6, 6.07) is 0. The largest absolute Gasteiger partial charge is 0.396 e. The van der Waals surface area contributed by atoms with Gasteiger partial charge < -0.3 is 15.4 Å². The lowest BCUT2D eigenvalue weighted by Gasteiger charge is -2.07. The number of unbranched alkanes of at least 4 members (excludes halogenated alkanes) is 1. The van der Waals surface area contributed by atoms with Crippen molar-refractivity contribution in [3.63, 3.8) is 0 Å². The number of nitrogens with two attached hydrogens (primary N) is 1. The molecule has 0 unspecified atom stereocenters. The van der Waals surface area contributed by atoms with Gasteiger partial charge >= 0.3 is 5.69 Å². The molecule has 1 aromatic rings. The minimum atomic E-state index is -0.462. The number of nitrogens with zero attached hydrogens (tertiary/aromatic N) is 2. The van der Waals surface area contributed by atoms with Gasteiger partial charge in [0.1, 0.15) is 5.69 Å². The molecule has 0 atom stereocenters. The number of hydrogen-bond donors (Lipinski definition) is 2. The molecule has 0 aliphatic rings. The molecular weight excluding hydrogens is 198 g/mol. The average molecular weight is 213 g/mol. The summed E-state index contributed by atoms with van der Waals surface area (Å²) in [7, 11) is 1.54. The molecule has 0 spiro atoms. The topological polar surface area (TPSA) is 90.2 Å². The number of anilines is 1. The predicted octanol–water partition coefficient (Wildman–Crippen LogP) is -1.10. The smallest absolute Gasteiger partial charge is 0.330 e. The van der Waals surface area contributed by atoms with Crippen LogP contribution >= 0.6 is 0 Å². The SMILES string of the molecule is Cn1cc(N)c(=O)n(CCCCO)c1=O. The molecule has 6 heteroatoms. The Morgan fingerprint density at radius 2 is 2.07 bits per heavy atom. The van der Waals surface area contributed by atoms with Crippen molar-refractivity contribution in [3.05, 3.63) is 27.0 Å². The molecule has 84 valence electrons. The Kier molecular flexibility index (Phi) is 3.68. The van der Waals surface area contributed by atoms with Crippen LogP contribution in [0.25, 0.3) is 0 Å². The highest BCUT2D eigenvalue weighted by molar-refractivity contribution is 5.30. The van der Waals surface area contributed by atoms with Crippen LogP contribution in [0.4, 0.5) is 5.69 Å². The van der Waals surface area contributed by atoms with Crippen molar-refractivity contribution in [3.8, 4) is 0 Å². The van der Waals surface area contributed by atoms with Gasteiger partial charge in [-0.1, -0.05) is 0 Å². The van der Waals surface area contributed by atoms with E-state index < -0.39 is 5.56 Å². The number of aryl methyl sites for hydroxylation is 1. The van der Waals surface area contributed by atoms with Crippen molar-refractivity contribution in [1.82, 2.24) is 9.13 Å². The Morgan fingerprint density at radius 3 is 2.67 bits per heavy atom. The first-order valence-corrected chi connectivity index (χ1v) is 4.74. The molecule has 1 rings (SSSR count). The Bertz CT molecular complexity index is 413. The summed E-state index contributed by atoms with van der Waals surface area (Å²) in [4.78, 5) is 23.0. The Balaban J connectivity index is 3.05. The summed E-state index contributed by atoms with van der Waals surface area (Å²) in [6.07, 6.45) is 2.45. The predicted molar refractivity (Wildman–Crippen MR) is 56.7 cm³/mol. The van der Waals surface area contributed by atoms with E-state index >= 15 is 0 Å². The molecule has 0 radical (unpaired) electrons. The fraction of sp³-hybridized carbons (Fsp3) is 0.556. The maximum Gasteiger partial charge on any atom is 0.330 e. The van der Waals surface area contributed by atoms with E-state index in [0.717, 1.165) is 4.57 Å². The summed E-state index contributed by atoms with van der Waals surface area (Å²) >= 11 is 0. The summed E-state index contributed by atoms with van der Waals surface area (Å²) in [5.74, 6) is 0. The standard InChI is InChI=1S/C9H15N3O3/c1-11-6-7(10)8(14)12(9(11)15)4-2-3-5-13/h6,13H,2-5,10H2,1H3. The first kappa shape index (κ1) is 11.5. The van der Waals surface area contributed by atoms with Crippen molar-refractivity contribution < 1.29 is 5.11 Å². The highest BCUT2D eigenvalue weighted by Gasteiger charge is 2.06.